The maximum Gasteiger partial charge on any atom is 0.287 e. The average molecular weight is 328 g/mol. The van der Waals surface area contributed by atoms with Crippen LogP contribution in [-0.4, -0.2) is 32.5 Å². The standard InChI is InChI=1S/C18H21N3O3/c1-19-16(22)12-20-17(13-7-4-3-5-8-13)18(23)21-14-9-6-10-15(11-14)24-2/h3-11,17,20H,12H2,1-2H3,(H,19,22)(H,21,23)/p+1/t17-/m1/s1. The summed E-state index contributed by atoms with van der Waals surface area (Å²) in [5, 5.41) is 7.14. The summed E-state index contributed by atoms with van der Waals surface area (Å²) in [6.07, 6.45) is 0. The molecule has 0 saturated carbocycles. The summed E-state index contributed by atoms with van der Waals surface area (Å²) in [6, 6.07) is 16.0. The molecule has 0 heterocycles. The third kappa shape index (κ3) is 4.82. The SMILES string of the molecule is CNC(=O)C[NH2+][C@@H](C(=O)Nc1cccc(OC)c1)c1ccccc1. The van der Waals surface area contributed by atoms with Gasteiger partial charge in [0.25, 0.3) is 11.8 Å². The number of rotatable bonds is 7. The molecule has 0 aliphatic heterocycles. The van der Waals surface area contributed by atoms with Crippen LogP contribution in [0.5, 0.6) is 5.75 Å². The fourth-order valence-electron chi connectivity index (χ4n) is 2.30. The second kappa shape index (κ2) is 8.69. The van der Waals surface area contributed by atoms with E-state index in [1.807, 2.05) is 36.4 Å². The summed E-state index contributed by atoms with van der Waals surface area (Å²) in [5.74, 6) is 0.335. The van der Waals surface area contributed by atoms with Crippen molar-refractivity contribution in [2.75, 3.05) is 26.0 Å². The molecule has 1 atom stereocenters. The molecule has 126 valence electrons. The van der Waals surface area contributed by atoms with Crippen molar-refractivity contribution in [1.29, 1.82) is 0 Å². The zero-order chi connectivity index (χ0) is 17.4. The number of hydrogen-bond donors (Lipinski definition) is 3. The van der Waals surface area contributed by atoms with Crippen LogP contribution >= 0.6 is 0 Å². The van der Waals surface area contributed by atoms with Crippen molar-refractivity contribution in [2.45, 2.75) is 6.04 Å². The van der Waals surface area contributed by atoms with E-state index < -0.39 is 6.04 Å². The number of anilines is 1. The Kier molecular flexibility index (Phi) is 6.33. The van der Waals surface area contributed by atoms with E-state index in [1.165, 1.54) is 0 Å². The lowest BCUT2D eigenvalue weighted by Gasteiger charge is -2.16. The fourth-order valence-corrected chi connectivity index (χ4v) is 2.30. The maximum absolute atomic E-state index is 12.7. The first-order valence-corrected chi connectivity index (χ1v) is 7.68. The van der Waals surface area contributed by atoms with E-state index in [0.717, 1.165) is 5.56 Å². The molecule has 6 nitrogen and oxygen atoms in total. The highest BCUT2D eigenvalue weighted by Crippen LogP contribution is 2.18. The van der Waals surface area contributed by atoms with Crippen LogP contribution in [0, 0.1) is 0 Å². The van der Waals surface area contributed by atoms with E-state index in [1.54, 1.807) is 37.7 Å². The van der Waals surface area contributed by atoms with Gasteiger partial charge >= 0.3 is 0 Å². The molecule has 0 aliphatic carbocycles. The largest absolute Gasteiger partial charge is 0.497 e. The quantitative estimate of drug-likeness (QED) is 0.699. The van der Waals surface area contributed by atoms with Gasteiger partial charge in [-0.2, -0.15) is 0 Å². The molecule has 2 amide bonds. The number of benzene rings is 2. The summed E-state index contributed by atoms with van der Waals surface area (Å²) in [4.78, 5) is 24.2. The lowest BCUT2D eigenvalue weighted by molar-refractivity contribution is -0.672. The molecular formula is C18H22N3O3+. The topological polar surface area (TPSA) is 84.0 Å². The monoisotopic (exact) mass is 328 g/mol. The third-order valence-electron chi connectivity index (χ3n) is 3.60. The highest BCUT2D eigenvalue weighted by atomic mass is 16.5. The number of nitrogens with one attached hydrogen (secondary N) is 2. The minimum Gasteiger partial charge on any atom is -0.497 e. The number of methoxy groups -OCH3 is 1. The van der Waals surface area contributed by atoms with E-state index in [2.05, 4.69) is 10.6 Å². The predicted octanol–water partition coefficient (Wildman–Crippen LogP) is 0.684. The Morgan fingerprint density at radius 2 is 1.88 bits per heavy atom. The van der Waals surface area contributed by atoms with E-state index in [0.29, 0.717) is 11.4 Å². The van der Waals surface area contributed by atoms with Crippen molar-refractivity contribution in [3.63, 3.8) is 0 Å². The molecule has 2 rings (SSSR count). The van der Waals surface area contributed by atoms with Gasteiger partial charge in [0.15, 0.2) is 12.6 Å². The maximum atomic E-state index is 12.7. The third-order valence-corrected chi connectivity index (χ3v) is 3.60. The summed E-state index contributed by atoms with van der Waals surface area (Å²) in [5.41, 5.74) is 1.48. The van der Waals surface area contributed by atoms with Gasteiger partial charge in [-0.25, -0.2) is 0 Å². The summed E-state index contributed by atoms with van der Waals surface area (Å²) in [7, 11) is 3.15. The smallest absolute Gasteiger partial charge is 0.287 e. The number of quaternary nitrogens is 1. The van der Waals surface area contributed by atoms with E-state index in [9.17, 15) is 9.59 Å². The van der Waals surface area contributed by atoms with Gasteiger partial charge in [0, 0.05) is 24.4 Å². The Bertz CT molecular complexity index is 689. The van der Waals surface area contributed by atoms with E-state index in [-0.39, 0.29) is 18.4 Å². The molecule has 0 saturated heterocycles. The number of hydrogen-bond acceptors (Lipinski definition) is 3. The Labute approximate surface area is 141 Å². The van der Waals surface area contributed by atoms with Crippen LogP contribution in [0.1, 0.15) is 11.6 Å². The lowest BCUT2D eigenvalue weighted by Crippen LogP contribution is -2.89. The normalized spacial score (nSPS) is 11.4. The van der Waals surface area contributed by atoms with Crippen LogP contribution in [0.3, 0.4) is 0 Å². The molecule has 2 aromatic rings. The van der Waals surface area contributed by atoms with Crippen molar-refractivity contribution in [3.8, 4) is 5.75 Å². The predicted molar refractivity (Wildman–Crippen MR) is 91.7 cm³/mol. The van der Waals surface area contributed by atoms with Gasteiger partial charge in [-0.05, 0) is 12.1 Å². The van der Waals surface area contributed by atoms with Crippen LogP contribution in [0.4, 0.5) is 5.69 Å². The van der Waals surface area contributed by atoms with E-state index in [4.69, 9.17) is 4.74 Å². The summed E-state index contributed by atoms with van der Waals surface area (Å²) < 4.78 is 5.16. The molecule has 0 radical (unpaired) electrons. The first kappa shape index (κ1) is 17.5. The molecule has 6 heteroatoms. The summed E-state index contributed by atoms with van der Waals surface area (Å²) >= 11 is 0. The minimum atomic E-state index is -0.519. The molecule has 0 aromatic heterocycles. The number of nitrogens with two attached hydrogens (primary N) is 1. The number of carbonyl (C=O) groups excluding carboxylic acids is 2. The van der Waals surface area contributed by atoms with Gasteiger partial charge in [-0.3, -0.25) is 9.59 Å². The molecule has 4 N–H and O–H groups in total. The highest BCUT2D eigenvalue weighted by Gasteiger charge is 2.25. The Morgan fingerprint density at radius 1 is 1.12 bits per heavy atom. The molecule has 24 heavy (non-hydrogen) atoms. The highest BCUT2D eigenvalue weighted by molar-refractivity contribution is 5.94. The zero-order valence-electron chi connectivity index (χ0n) is 13.8. The van der Waals surface area contributed by atoms with Gasteiger partial charge in [0.2, 0.25) is 0 Å². The van der Waals surface area contributed by atoms with Crippen LogP contribution < -0.4 is 20.7 Å². The first-order valence-electron chi connectivity index (χ1n) is 7.68. The second-order valence-corrected chi connectivity index (χ2v) is 5.22. The van der Waals surface area contributed by atoms with Gasteiger partial charge in [0.05, 0.1) is 7.11 Å². The summed E-state index contributed by atoms with van der Waals surface area (Å²) in [6.45, 7) is 0.168. The number of likely N-dealkylation sites (N-methyl/N-ethyl adjacent to an activating group) is 1. The first-order chi connectivity index (χ1) is 11.6. The van der Waals surface area contributed by atoms with Crippen LogP contribution in [-0.2, 0) is 9.59 Å². The van der Waals surface area contributed by atoms with Crippen molar-refractivity contribution < 1.29 is 19.6 Å². The van der Waals surface area contributed by atoms with Gasteiger partial charge in [-0.1, -0.05) is 36.4 Å². The molecular weight excluding hydrogens is 306 g/mol. The van der Waals surface area contributed by atoms with Crippen molar-refractivity contribution in [1.82, 2.24) is 5.32 Å². The molecule has 0 aliphatic rings. The van der Waals surface area contributed by atoms with Gasteiger partial charge < -0.3 is 20.7 Å². The van der Waals surface area contributed by atoms with Gasteiger partial charge in [0.1, 0.15) is 5.75 Å². The zero-order valence-corrected chi connectivity index (χ0v) is 13.8. The van der Waals surface area contributed by atoms with Crippen LogP contribution in [0.2, 0.25) is 0 Å². The Balaban J connectivity index is 2.15. The van der Waals surface area contributed by atoms with E-state index >= 15 is 0 Å². The average Bonchev–Trinajstić information content (AvgIpc) is 2.62. The number of carbonyl (C=O) groups is 2. The van der Waals surface area contributed by atoms with Crippen LogP contribution in [0.15, 0.2) is 54.6 Å². The molecule has 0 fully saturated rings. The van der Waals surface area contributed by atoms with Crippen molar-refractivity contribution in [3.05, 3.63) is 60.2 Å². The fraction of sp³-hybridized carbons (Fsp3) is 0.222. The number of amides is 2. The molecule has 2 aromatic carbocycles. The Hall–Kier alpha value is -2.86. The molecule has 0 unspecified atom stereocenters. The van der Waals surface area contributed by atoms with Crippen molar-refractivity contribution in [2.24, 2.45) is 0 Å². The molecule has 0 spiro atoms. The second-order valence-electron chi connectivity index (χ2n) is 5.22. The Morgan fingerprint density at radius 3 is 2.54 bits per heavy atom. The number of ether oxygens (including phenoxy) is 1. The minimum absolute atomic E-state index is 0.134. The lowest BCUT2D eigenvalue weighted by atomic mass is 10.1. The van der Waals surface area contributed by atoms with Gasteiger partial charge in [-0.15, -0.1) is 0 Å². The van der Waals surface area contributed by atoms with Crippen LogP contribution in [0.25, 0.3) is 0 Å². The molecule has 0 bridgehead atoms. The van der Waals surface area contributed by atoms with Crippen molar-refractivity contribution >= 4 is 17.5 Å².